The molecule has 0 aliphatic carbocycles. The molecule has 0 aliphatic heterocycles. The molecule has 1 amide bonds. The summed E-state index contributed by atoms with van der Waals surface area (Å²) in [6, 6.07) is 12.6. The number of anilines is 1. The number of nitrogens with one attached hydrogen (secondary N) is 2. The first-order valence-corrected chi connectivity index (χ1v) is 6.70. The number of aromatic nitrogens is 1. The van der Waals surface area contributed by atoms with Crippen molar-refractivity contribution in [2.45, 2.75) is 13.5 Å². The Morgan fingerprint density at radius 3 is 2.71 bits per heavy atom. The van der Waals surface area contributed by atoms with Crippen LogP contribution in [0, 0.1) is 11.3 Å². The highest BCUT2D eigenvalue weighted by molar-refractivity contribution is 5.94. The molecule has 0 atom stereocenters. The smallest absolute Gasteiger partial charge is 0.251 e. The fraction of sp³-hybridized carbons (Fsp3) is 0.188. The second-order valence-corrected chi connectivity index (χ2v) is 4.45. The van der Waals surface area contributed by atoms with E-state index in [1.807, 2.05) is 19.1 Å². The normalized spacial score (nSPS) is 9.71. The van der Waals surface area contributed by atoms with Crippen LogP contribution in [-0.2, 0) is 6.54 Å². The van der Waals surface area contributed by atoms with E-state index in [0.717, 1.165) is 12.1 Å². The Morgan fingerprint density at radius 1 is 1.29 bits per heavy atom. The topological polar surface area (TPSA) is 77.8 Å². The summed E-state index contributed by atoms with van der Waals surface area (Å²) >= 11 is 0. The van der Waals surface area contributed by atoms with E-state index in [4.69, 9.17) is 5.26 Å². The number of carbonyl (C=O) groups is 1. The molecular weight excluding hydrogens is 264 g/mol. The molecule has 21 heavy (non-hydrogen) atoms. The van der Waals surface area contributed by atoms with Gasteiger partial charge in [0.1, 0.15) is 5.82 Å². The van der Waals surface area contributed by atoms with Gasteiger partial charge in [0.15, 0.2) is 0 Å². The summed E-state index contributed by atoms with van der Waals surface area (Å²) in [5, 5.41) is 14.6. The SMILES string of the molecule is CCNc1cc(C(=O)NCc2ccc(C#N)cc2)ccn1. The lowest BCUT2D eigenvalue weighted by atomic mass is 10.1. The average molecular weight is 280 g/mol. The molecule has 1 heterocycles. The Balaban J connectivity index is 1.97. The lowest BCUT2D eigenvalue weighted by Crippen LogP contribution is -2.23. The summed E-state index contributed by atoms with van der Waals surface area (Å²) in [6.07, 6.45) is 1.61. The zero-order valence-corrected chi connectivity index (χ0v) is 11.8. The molecule has 0 aliphatic rings. The van der Waals surface area contributed by atoms with Gasteiger partial charge in [0, 0.05) is 24.8 Å². The Labute approximate surface area is 123 Å². The van der Waals surface area contributed by atoms with Crippen molar-refractivity contribution < 1.29 is 4.79 Å². The summed E-state index contributed by atoms with van der Waals surface area (Å²) in [6.45, 7) is 3.14. The van der Waals surface area contributed by atoms with E-state index in [-0.39, 0.29) is 5.91 Å². The highest BCUT2D eigenvalue weighted by atomic mass is 16.1. The number of amides is 1. The second kappa shape index (κ2) is 7.06. The largest absolute Gasteiger partial charge is 0.370 e. The Morgan fingerprint density at radius 2 is 2.05 bits per heavy atom. The monoisotopic (exact) mass is 280 g/mol. The van der Waals surface area contributed by atoms with E-state index in [1.165, 1.54) is 0 Å². The average Bonchev–Trinajstić information content (AvgIpc) is 2.53. The van der Waals surface area contributed by atoms with E-state index < -0.39 is 0 Å². The molecule has 2 rings (SSSR count). The molecule has 2 N–H and O–H groups in total. The van der Waals surface area contributed by atoms with Crippen LogP contribution < -0.4 is 10.6 Å². The minimum absolute atomic E-state index is 0.152. The first-order chi connectivity index (χ1) is 10.2. The molecule has 0 unspecified atom stereocenters. The summed E-state index contributed by atoms with van der Waals surface area (Å²) in [7, 11) is 0. The van der Waals surface area contributed by atoms with E-state index >= 15 is 0 Å². The molecule has 0 fully saturated rings. The fourth-order valence-electron chi connectivity index (χ4n) is 1.83. The van der Waals surface area contributed by atoms with Crippen LogP contribution >= 0.6 is 0 Å². The zero-order valence-electron chi connectivity index (χ0n) is 11.8. The standard InChI is InChI=1S/C16H16N4O/c1-2-18-15-9-14(7-8-19-15)16(21)20-11-13-5-3-12(10-17)4-6-13/h3-9H,2,11H2,1H3,(H,18,19)(H,20,21). The van der Waals surface area contributed by atoms with Crippen molar-refractivity contribution >= 4 is 11.7 Å². The highest BCUT2D eigenvalue weighted by Gasteiger charge is 2.06. The van der Waals surface area contributed by atoms with Gasteiger partial charge < -0.3 is 10.6 Å². The first kappa shape index (κ1) is 14.5. The molecule has 1 aromatic heterocycles. The van der Waals surface area contributed by atoms with Crippen LogP contribution in [0.3, 0.4) is 0 Å². The van der Waals surface area contributed by atoms with E-state index in [0.29, 0.717) is 23.5 Å². The van der Waals surface area contributed by atoms with Gasteiger partial charge in [-0.2, -0.15) is 5.26 Å². The molecule has 0 saturated heterocycles. The number of carbonyl (C=O) groups excluding carboxylic acids is 1. The van der Waals surface area contributed by atoms with Gasteiger partial charge in [0.25, 0.3) is 5.91 Å². The Bertz CT molecular complexity index is 659. The van der Waals surface area contributed by atoms with Crippen LogP contribution in [0.25, 0.3) is 0 Å². The third-order valence-electron chi connectivity index (χ3n) is 2.92. The number of hydrogen-bond acceptors (Lipinski definition) is 4. The zero-order chi connectivity index (χ0) is 15.1. The van der Waals surface area contributed by atoms with Gasteiger partial charge in [0.2, 0.25) is 0 Å². The lowest BCUT2D eigenvalue weighted by Gasteiger charge is -2.07. The van der Waals surface area contributed by atoms with Crippen molar-refractivity contribution in [2.24, 2.45) is 0 Å². The molecule has 0 saturated carbocycles. The molecule has 0 spiro atoms. The maximum Gasteiger partial charge on any atom is 0.251 e. The minimum Gasteiger partial charge on any atom is -0.370 e. The number of rotatable bonds is 5. The van der Waals surface area contributed by atoms with Crippen molar-refractivity contribution in [2.75, 3.05) is 11.9 Å². The predicted molar refractivity (Wildman–Crippen MR) is 80.7 cm³/mol. The van der Waals surface area contributed by atoms with Crippen molar-refractivity contribution in [3.63, 3.8) is 0 Å². The maximum absolute atomic E-state index is 12.1. The third kappa shape index (κ3) is 4.05. The molecule has 0 bridgehead atoms. The molecule has 5 nitrogen and oxygen atoms in total. The molecule has 106 valence electrons. The van der Waals surface area contributed by atoms with E-state index in [1.54, 1.807) is 30.5 Å². The number of hydrogen-bond donors (Lipinski definition) is 2. The quantitative estimate of drug-likeness (QED) is 0.881. The van der Waals surface area contributed by atoms with Crippen LogP contribution in [0.5, 0.6) is 0 Å². The summed E-state index contributed by atoms with van der Waals surface area (Å²) in [5.74, 6) is 0.532. The first-order valence-electron chi connectivity index (χ1n) is 6.70. The number of nitrogens with zero attached hydrogens (tertiary/aromatic N) is 2. The van der Waals surface area contributed by atoms with Gasteiger partial charge in [0.05, 0.1) is 11.6 Å². The number of benzene rings is 1. The van der Waals surface area contributed by atoms with Crippen LogP contribution in [0.4, 0.5) is 5.82 Å². The van der Waals surface area contributed by atoms with Crippen LogP contribution in [0.15, 0.2) is 42.6 Å². The number of pyridine rings is 1. The minimum atomic E-state index is -0.152. The van der Waals surface area contributed by atoms with Gasteiger partial charge in [-0.25, -0.2) is 4.98 Å². The summed E-state index contributed by atoms with van der Waals surface area (Å²) < 4.78 is 0. The molecular formula is C16H16N4O. The maximum atomic E-state index is 12.1. The van der Waals surface area contributed by atoms with Gasteiger partial charge >= 0.3 is 0 Å². The highest BCUT2D eigenvalue weighted by Crippen LogP contribution is 2.07. The molecule has 0 radical (unpaired) electrons. The molecule has 1 aromatic carbocycles. The van der Waals surface area contributed by atoms with Crippen molar-refractivity contribution in [3.05, 3.63) is 59.3 Å². The summed E-state index contributed by atoms with van der Waals surface area (Å²) in [5.41, 5.74) is 2.12. The van der Waals surface area contributed by atoms with Gasteiger partial charge in [-0.3, -0.25) is 4.79 Å². The molecule has 5 heteroatoms. The van der Waals surface area contributed by atoms with Crippen LogP contribution in [0.2, 0.25) is 0 Å². The fourth-order valence-corrected chi connectivity index (χ4v) is 1.83. The summed E-state index contributed by atoms with van der Waals surface area (Å²) in [4.78, 5) is 16.2. The van der Waals surface area contributed by atoms with Gasteiger partial charge in [-0.15, -0.1) is 0 Å². The Kier molecular flexibility index (Phi) is 4.89. The van der Waals surface area contributed by atoms with E-state index in [2.05, 4.69) is 21.7 Å². The van der Waals surface area contributed by atoms with Crippen molar-refractivity contribution in [1.29, 1.82) is 5.26 Å². The second-order valence-electron chi connectivity index (χ2n) is 4.45. The number of nitriles is 1. The Hall–Kier alpha value is -2.87. The van der Waals surface area contributed by atoms with Crippen LogP contribution in [-0.4, -0.2) is 17.4 Å². The van der Waals surface area contributed by atoms with Gasteiger partial charge in [-0.1, -0.05) is 12.1 Å². The van der Waals surface area contributed by atoms with Crippen molar-refractivity contribution in [1.82, 2.24) is 10.3 Å². The predicted octanol–water partition coefficient (Wildman–Crippen LogP) is 2.32. The van der Waals surface area contributed by atoms with E-state index in [9.17, 15) is 4.79 Å². The van der Waals surface area contributed by atoms with Crippen molar-refractivity contribution in [3.8, 4) is 6.07 Å². The lowest BCUT2D eigenvalue weighted by molar-refractivity contribution is 0.0951. The van der Waals surface area contributed by atoms with Gasteiger partial charge in [-0.05, 0) is 36.8 Å². The van der Waals surface area contributed by atoms with Crippen LogP contribution in [0.1, 0.15) is 28.4 Å². The third-order valence-corrected chi connectivity index (χ3v) is 2.92. The molecule has 2 aromatic rings.